The van der Waals surface area contributed by atoms with Crippen LogP contribution >= 0.6 is 0 Å². The van der Waals surface area contributed by atoms with Gasteiger partial charge in [-0.3, -0.25) is 15.0 Å². The Balaban J connectivity index is 1.04. The highest BCUT2D eigenvalue weighted by molar-refractivity contribution is 5.51. The summed E-state index contributed by atoms with van der Waals surface area (Å²) in [6, 6.07) is 61.0. The van der Waals surface area contributed by atoms with Gasteiger partial charge in [-0.15, -0.1) is 0 Å². The summed E-state index contributed by atoms with van der Waals surface area (Å²) >= 11 is 0. The number of hydrogen-bond donors (Lipinski definition) is 1. The van der Waals surface area contributed by atoms with E-state index in [9.17, 15) is 15.2 Å². The molecule has 0 unspecified atom stereocenters. The number of aliphatic hydroxyl groups is 1. The van der Waals surface area contributed by atoms with Crippen LogP contribution in [-0.2, 0) is 26.4 Å². The minimum absolute atomic E-state index is 0.0289. The number of nitro benzene ring substituents is 1. The number of nitrogens with zero attached hydrogens (tertiary/aromatic N) is 2. The fourth-order valence-electron chi connectivity index (χ4n) is 7.12. The van der Waals surface area contributed by atoms with Gasteiger partial charge in [-0.1, -0.05) is 146 Å². The third kappa shape index (κ3) is 13.0. The second kappa shape index (κ2) is 21.9. The van der Waals surface area contributed by atoms with E-state index in [0.29, 0.717) is 32.8 Å². The van der Waals surface area contributed by atoms with Crippen LogP contribution in [0.5, 0.6) is 23.0 Å². The Morgan fingerprint density at radius 1 is 0.525 bits per heavy atom. The van der Waals surface area contributed by atoms with Crippen molar-refractivity contribution in [1.29, 1.82) is 0 Å². The summed E-state index contributed by atoms with van der Waals surface area (Å²) in [6.45, 7) is 2.71. The molecular weight excluding hydrogens is 765 g/mol. The van der Waals surface area contributed by atoms with Crippen LogP contribution in [0.15, 0.2) is 188 Å². The first kappa shape index (κ1) is 42.2. The second-order valence-corrected chi connectivity index (χ2v) is 14.9. The smallest absolute Gasteiger partial charge is 0.314 e. The third-order valence-electron chi connectivity index (χ3n) is 10.3. The van der Waals surface area contributed by atoms with E-state index < -0.39 is 11.0 Å². The highest BCUT2D eigenvalue weighted by Crippen LogP contribution is 2.33. The molecule has 7 rings (SSSR count). The molecule has 0 radical (unpaired) electrons. The van der Waals surface area contributed by atoms with E-state index in [1.54, 1.807) is 6.07 Å². The quantitative estimate of drug-likeness (QED) is 0.0533. The van der Waals surface area contributed by atoms with Gasteiger partial charge in [0.2, 0.25) is 0 Å². The van der Waals surface area contributed by atoms with E-state index in [1.165, 1.54) is 12.1 Å². The molecule has 0 amide bonds. The fraction of sp³-hybridized carbons (Fsp3) is 0.192. The third-order valence-corrected chi connectivity index (χ3v) is 10.3. The average molecular weight is 815 g/mol. The van der Waals surface area contributed by atoms with Crippen LogP contribution in [0.4, 0.5) is 5.69 Å². The lowest BCUT2D eigenvalue weighted by molar-refractivity contribution is -0.386. The van der Waals surface area contributed by atoms with Crippen molar-refractivity contribution in [3.8, 4) is 23.0 Å². The first-order chi connectivity index (χ1) is 29.9. The first-order valence-corrected chi connectivity index (χ1v) is 20.5. The maximum Gasteiger partial charge on any atom is 0.314 e. The summed E-state index contributed by atoms with van der Waals surface area (Å²) in [7, 11) is 0. The molecule has 0 aromatic heterocycles. The van der Waals surface area contributed by atoms with Crippen molar-refractivity contribution in [3.63, 3.8) is 0 Å². The zero-order valence-corrected chi connectivity index (χ0v) is 34.0. The molecule has 1 atom stereocenters. The fourth-order valence-corrected chi connectivity index (χ4v) is 7.12. The summed E-state index contributed by atoms with van der Waals surface area (Å²) < 4.78 is 24.0. The zero-order valence-electron chi connectivity index (χ0n) is 34.0. The van der Waals surface area contributed by atoms with Crippen molar-refractivity contribution in [2.45, 2.75) is 44.8 Å². The van der Waals surface area contributed by atoms with Crippen molar-refractivity contribution >= 4 is 5.69 Å². The summed E-state index contributed by atoms with van der Waals surface area (Å²) in [5.74, 6) is 2.05. The molecule has 0 aliphatic heterocycles. The first-order valence-electron chi connectivity index (χ1n) is 20.5. The van der Waals surface area contributed by atoms with Gasteiger partial charge in [0.15, 0.2) is 5.75 Å². The second-order valence-electron chi connectivity index (χ2n) is 14.9. The van der Waals surface area contributed by atoms with Crippen LogP contribution in [0.2, 0.25) is 0 Å². The topological polar surface area (TPSA) is 104 Å². The van der Waals surface area contributed by atoms with Gasteiger partial charge in [-0.05, 0) is 82.7 Å². The number of ether oxygens (including phenoxy) is 4. The molecule has 0 saturated heterocycles. The van der Waals surface area contributed by atoms with Crippen LogP contribution in [-0.4, -0.2) is 40.7 Å². The minimum Gasteiger partial charge on any atom is -0.491 e. The Kier molecular flexibility index (Phi) is 15.1. The van der Waals surface area contributed by atoms with Gasteiger partial charge in [0.1, 0.15) is 49.8 Å². The number of rotatable bonds is 22. The van der Waals surface area contributed by atoms with Gasteiger partial charge in [0.25, 0.3) is 0 Å². The molecule has 61 heavy (non-hydrogen) atoms. The SMILES string of the molecule is O=[N+]([O-])c1cc(OC[C@@H](O)CN(CCC(c2ccc(OCc3ccccc3)cc2)c2ccc(OCc3ccccc3)cc2)Cc2ccccc2)ccc1OCc1ccccc1. The molecular formula is C52H50N2O7. The van der Waals surface area contributed by atoms with E-state index in [1.807, 2.05) is 109 Å². The zero-order chi connectivity index (χ0) is 42.1. The monoisotopic (exact) mass is 814 g/mol. The molecule has 7 aromatic carbocycles. The summed E-state index contributed by atoms with van der Waals surface area (Å²) in [4.78, 5) is 13.7. The molecule has 0 spiro atoms. The van der Waals surface area contributed by atoms with Crippen molar-refractivity contribution in [2.24, 2.45) is 0 Å². The van der Waals surface area contributed by atoms with Gasteiger partial charge in [0.05, 0.1) is 11.0 Å². The Morgan fingerprint density at radius 2 is 0.967 bits per heavy atom. The Labute approximate surface area is 357 Å². The molecule has 0 aliphatic rings. The minimum atomic E-state index is -0.877. The largest absolute Gasteiger partial charge is 0.491 e. The van der Waals surface area contributed by atoms with Gasteiger partial charge in [-0.2, -0.15) is 0 Å². The van der Waals surface area contributed by atoms with Crippen molar-refractivity contribution in [3.05, 3.63) is 232 Å². The van der Waals surface area contributed by atoms with E-state index >= 15 is 0 Å². The Hall–Kier alpha value is -6.94. The molecule has 310 valence electrons. The Bertz CT molecular complexity index is 2280. The van der Waals surface area contributed by atoms with Gasteiger partial charge in [-0.25, -0.2) is 0 Å². The molecule has 9 nitrogen and oxygen atoms in total. The molecule has 0 heterocycles. The molecule has 7 aromatic rings. The average Bonchev–Trinajstić information content (AvgIpc) is 3.31. The molecule has 0 bridgehead atoms. The maximum atomic E-state index is 12.0. The van der Waals surface area contributed by atoms with Crippen LogP contribution in [0, 0.1) is 10.1 Å². The van der Waals surface area contributed by atoms with E-state index in [4.69, 9.17) is 18.9 Å². The number of hydrogen-bond acceptors (Lipinski definition) is 8. The molecule has 1 N–H and O–H groups in total. The van der Waals surface area contributed by atoms with Crippen LogP contribution < -0.4 is 18.9 Å². The highest BCUT2D eigenvalue weighted by atomic mass is 16.6. The van der Waals surface area contributed by atoms with Crippen LogP contribution in [0.25, 0.3) is 0 Å². The molecule has 0 aliphatic carbocycles. The molecule has 0 saturated carbocycles. The van der Waals surface area contributed by atoms with E-state index in [-0.39, 0.29) is 36.3 Å². The lowest BCUT2D eigenvalue weighted by Gasteiger charge is -2.28. The number of aliphatic hydroxyl groups excluding tert-OH is 1. The van der Waals surface area contributed by atoms with E-state index in [2.05, 4.69) is 65.6 Å². The maximum absolute atomic E-state index is 12.0. The van der Waals surface area contributed by atoms with Crippen LogP contribution in [0.3, 0.4) is 0 Å². The normalized spacial score (nSPS) is 11.6. The summed E-state index contributed by atoms with van der Waals surface area (Å²) in [6.07, 6.45) is -0.122. The molecule has 0 fully saturated rings. The lowest BCUT2D eigenvalue weighted by atomic mass is 9.88. The van der Waals surface area contributed by atoms with Crippen molar-refractivity contribution in [1.82, 2.24) is 4.90 Å². The van der Waals surface area contributed by atoms with Crippen molar-refractivity contribution in [2.75, 3.05) is 19.7 Å². The predicted molar refractivity (Wildman–Crippen MR) is 238 cm³/mol. The highest BCUT2D eigenvalue weighted by Gasteiger charge is 2.21. The standard InChI is InChI=1S/C52H50N2O7/c55-46(39-60-49-29-30-52(51(33-49)54(56)57)61-38-43-19-11-4-12-20-43)35-53(34-40-13-5-1-6-14-40)32-31-50(44-21-25-47(26-22-44)58-36-41-15-7-2-8-16-41)45-23-27-48(28-24-45)59-37-42-17-9-3-10-18-42/h1-30,33,46,50,55H,31-32,34-39H2/t46-/m0/s1. The van der Waals surface area contributed by atoms with Gasteiger partial charge in [0, 0.05) is 19.0 Å². The predicted octanol–water partition coefficient (Wildman–Crippen LogP) is 10.8. The van der Waals surface area contributed by atoms with Crippen LogP contribution in [0.1, 0.15) is 45.7 Å². The number of benzene rings is 7. The number of nitro groups is 1. The van der Waals surface area contributed by atoms with Gasteiger partial charge < -0.3 is 24.1 Å². The summed E-state index contributed by atoms with van der Waals surface area (Å²) in [5.41, 5.74) is 6.32. The van der Waals surface area contributed by atoms with Gasteiger partial charge >= 0.3 is 5.69 Å². The summed E-state index contributed by atoms with van der Waals surface area (Å²) in [5, 5.41) is 23.4. The Morgan fingerprint density at radius 3 is 1.44 bits per heavy atom. The van der Waals surface area contributed by atoms with Crippen molar-refractivity contribution < 1.29 is 29.0 Å². The molecule has 9 heteroatoms. The lowest BCUT2D eigenvalue weighted by Crippen LogP contribution is -2.36. The van der Waals surface area contributed by atoms with E-state index in [0.717, 1.165) is 51.3 Å².